The molecule has 1 fully saturated rings. The minimum atomic E-state index is 0.465. The first kappa shape index (κ1) is 13.4. The number of aryl methyl sites for hydroxylation is 1. The van der Waals surface area contributed by atoms with Gasteiger partial charge in [-0.1, -0.05) is 19.9 Å². The molecule has 0 amide bonds. The molecule has 2 aromatic rings. The second-order valence-electron chi connectivity index (χ2n) is 5.91. The number of benzene rings is 1. The van der Waals surface area contributed by atoms with Gasteiger partial charge in [0.2, 0.25) is 0 Å². The smallest absolute Gasteiger partial charge is 0.0726 e. The van der Waals surface area contributed by atoms with E-state index >= 15 is 0 Å². The van der Waals surface area contributed by atoms with Gasteiger partial charge in [0.05, 0.1) is 5.52 Å². The van der Waals surface area contributed by atoms with Gasteiger partial charge in [0, 0.05) is 29.9 Å². The number of pyridine rings is 1. The maximum atomic E-state index is 4.63. The number of rotatable bonds is 1. The lowest BCUT2D eigenvalue weighted by Crippen LogP contribution is -2.54. The van der Waals surface area contributed by atoms with Crippen molar-refractivity contribution in [1.82, 2.24) is 9.88 Å². The molecule has 2 heterocycles. The number of aromatic nitrogens is 1. The molecule has 0 radical (unpaired) electrons. The molecule has 1 aliphatic rings. The van der Waals surface area contributed by atoms with E-state index in [0.29, 0.717) is 12.1 Å². The van der Waals surface area contributed by atoms with Crippen LogP contribution in [0.1, 0.15) is 19.5 Å². The number of hydrogen-bond acceptors (Lipinski definition) is 3. The SMILES string of the molecule is [CH2-]N1[C@H](C)CN(c2cccc3nc(C)ccc23)C[C@@H]1C. The lowest BCUT2D eigenvalue weighted by atomic mass is 10.1. The van der Waals surface area contributed by atoms with Crippen LogP contribution < -0.4 is 4.90 Å². The molecule has 1 aromatic heterocycles. The molecule has 0 unspecified atom stereocenters. The summed E-state index contributed by atoms with van der Waals surface area (Å²) in [7, 11) is 4.16. The summed E-state index contributed by atoms with van der Waals surface area (Å²) in [6, 6.07) is 11.6. The maximum absolute atomic E-state index is 4.63. The number of nitrogens with zero attached hydrogens (tertiary/aromatic N) is 3. The molecule has 1 aliphatic heterocycles. The average molecular weight is 268 g/mol. The molecule has 3 heteroatoms. The Morgan fingerprint density at radius 1 is 1.10 bits per heavy atom. The van der Waals surface area contributed by atoms with Crippen molar-refractivity contribution in [2.24, 2.45) is 0 Å². The van der Waals surface area contributed by atoms with Crippen LogP contribution in [0.4, 0.5) is 5.69 Å². The first-order chi connectivity index (χ1) is 9.56. The van der Waals surface area contributed by atoms with Crippen molar-refractivity contribution in [3.05, 3.63) is 43.1 Å². The number of fused-ring (bicyclic) bond motifs is 1. The van der Waals surface area contributed by atoms with Crippen LogP contribution in [0.3, 0.4) is 0 Å². The number of hydrogen-bond donors (Lipinski definition) is 0. The van der Waals surface area contributed by atoms with E-state index in [4.69, 9.17) is 0 Å². The fourth-order valence-corrected chi connectivity index (χ4v) is 3.07. The summed E-state index contributed by atoms with van der Waals surface area (Å²) >= 11 is 0. The second-order valence-corrected chi connectivity index (χ2v) is 5.91. The summed E-state index contributed by atoms with van der Waals surface area (Å²) in [5.74, 6) is 0. The van der Waals surface area contributed by atoms with E-state index < -0.39 is 0 Å². The van der Waals surface area contributed by atoms with Crippen molar-refractivity contribution in [2.75, 3.05) is 18.0 Å². The van der Waals surface area contributed by atoms with Gasteiger partial charge in [-0.05, 0) is 43.3 Å². The van der Waals surface area contributed by atoms with Gasteiger partial charge in [-0.25, -0.2) is 0 Å². The van der Waals surface area contributed by atoms with Crippen LogP contribution >= 0.6 is 0 Å². The molecule has 106 valence electrons. The Morgan fingerprint density at radius 3 is 2.50 bits per heavy atom. The molecule has 0 saturated carbocycles. The van der Waals surface area contributed by atoms with E-state index in [0.717, 1.165) is 24.3 Å². The topological polar surface area (TPSA) is 19.4 Å². The third-order valence-corrected chi connectivity index (χ3v) is 4.29. The second kappa shape index (κ2) is 5.06. The molecule has 1 saturated heterocycles. The molecule has 20 heavy (non-hydrogen) atoms. The summed E-state index contributed by atoms with van der Waals surface area (Å²) in [6.07, 6.45) is 0. The van der Waals surface area contributed by atoms with Crippen molar-refractivity contribution >= 4 is 16.6 Å². The van der Waals surface area contributed by atoms with Crippen molar-refractivity contribution in [3.63, 3.8) is 0 Å². The molecule has 2 atom stereocenters. The monoisotopic (exact) mass is 268 g/mol. The van der Waals surface area contributed by atoms with Crippen LogP contribution in [-0.4, -0.2) is 35.1 Å². The van der Waals surface area contributed by atoms with Gasteiger partial charge in [0.25, 0.3) is 0 Å². The molecule has 1 aromatic carbocycles. The molecule has 0 N–H and O–H groups in total. The fourth-order valence-electron chi connectivity index (χ4n) is 3.07. The summed E-state index contributed by atoms with van der Waals surface area (Å²) < 4.78 is 0. The van der Waals surface area contributed by atoms with Gasteiger partial charge in [-0.15, -0.1) is 0 Å². The standard InChI is InChI=1S/C17H22N3/c1-12-8-9-15-16(18-12)6-5-7-17(15)20-10-13(2)19(4)14(3)11-20/h5-9,13-14H,4,10-11H2,1-3H3/q-1/t13-,14+. The number of piperazine rings is 1. The van der Waals surface area contributed by atoms with E-state index in [1.165, 1.54) is 11.1 Å². The summed E-state index contributed by atoms with van der Waals surface area (Å²) in [5, 5.41) is 1.25. The van der Waals surface area contributed by atoms with E-state index in [1.807, 2.05) is 6.92 Å². The van der Waals surface area contributed by atoms with Gasteiger partial charge >= 0.3 is 0 Å². The van der Waals surface area contributed by atoms with Gasteiger partial charge < -0.3 is 9.80 Å². The minimum Gasteiger partial charge on any atom is -0.452 e. The van der Waals surface area contributed by atoms with E-state index in [-0.39, 0.29) is 0 Å². The fraction of sp³-hybridized carbons (Fsp3) is 0.412. The van der Waals surface area contributed by atoms with Crippen LogP contribution in [-0.2, 0) is 0 Å². The third kappa shape index (κ3) is 2.27. The lowest BCUT2D eigenvalue weighted by molar-refractivity contribution is 0.195. The van der Waals surface area contributed by atoms with Gasteiger partial charge in [0.1, 0.15) is 0 Å². The highest BCUT2D eigenvalue weighted by atomic mass is 15.3. The maximum Gasteiger partial charge on any atom is 0.0726 e. The van der Waals surface area contributed by atoms with Crippen molar-refractivity contribution in [3.8, 4) is 0 Å². The zero-order chi connectivity index (χ0) is 14.3. The van der Waals surface area contributed by atoms with Gasteiger partial charge in [-0.3, -0.25) is 12.0 Å². The first-order valence-electron chi connectivity index (χ1n) is 7.26. The molecular weight excluding hydrogens is 246 g/mol. The molecule has 0 spiro atoms. The largest absolute Gasteiger partial charge is 0.452 e. The highest BCUT2D eigenvalue weighted by molar-refractivity contribution is 5.92. The minimum absolute atomic E-state index is 0.465. The zero-order valence-electron chi connectivity index (χ0n) is 12.5. The Kier molecular flexibility index (Phi) is 3.38. The summed E-state index contributed by atoms with van der Waals surface area (Å²) in [5.41, 5.74) is 3.45. The van der Waals surface area contributed by atoms with Gasteiger partial charge in [0.15, 0.2) is 0 Å². The van der Waals surface area contributed by atoms with Crippen molar-refractivity contribution < 1.29 is 0 Å². The van der Waals surface area contributed by atoms with E-state index in [1.54, 1.807) is 0 Å². The van der Waals surface area contributed by atoms with Crippen LogP contribution in [0.25, 0.3) is 10.9 Å². The molecule has 0 bridgehead atoms. The van der Waals surface area contributed by atoms with Crippen molar-refractivity contribution in [1.29, 1.82) is 0 Å². The van der Waals surface area contributed by atoms with Crippen LogP contribution in [0.5, 0.6) is 0 Å². The van der Waals surface area contributed by atoms with Crippen molar-refractivity contribution in [2.45, 2.75) is 32.9 Å². The molecule has 3 nitrogen and oxygen atoms in total. The third-order valence-electron chi connectivity index (χ3n) is 4.29. The highest BCUT2D eigenvalue weighted by Gasteiger charge is 2.23. The van der Waals surface area contributed by atoms with Crippen LogP contribution in [0, 0.1) is 14.0 Å². The Morgan fingerprint density at radius 2 is 1.80 bits per heavy atom. The molecule has 0 aliphatic carbocycles. The summed E-state index contributed by atoms with van der Waals surface area (Å²) in [4.78, 5) is 9.32. The van der Waals surface area contributed by atoms with E-state index in [9.17, 15) is 0 Å². The average Bonchev–Trinajstić information content (AvgIpc) is 2.43. The Hall–Kier alpha value is -1.61. The molecular formula is C17H22N3-. The Labute approximate surface area is 121 Å². The van der Waals surface area contributed by atoms with Crippen LogP contribution in [0.2, 0.25) is 0 Å². The first-order valence-corrected chi connectivity index (χ1v) is 7.26. The molecule has 3 rings (SSSR count). The van der Waals surface area contributed by atoms with Crippen LogP contribution in [0.15, 0.2) is 30.3 Å². The van der Waals surface area contributed by atoms with Gasteiger partial charge in [-0.2, -0.15) is 0 Å². The Bertz CT molecular complexity index is 611. The zero-order valence-corrected chi connectivity index (χ0v) is 12.5. The Balaban J connectivity index is 2.02. The number of anilines is 1. The highest BCUT2D eigenvalue weighted by Crippen LogP contribution is 2.29. The normalized spacial score (nSPS) is 24.3. The quantitative estimate of drug-likeness (QED) is 0.740. The summed E-state index contributed by atoms with van der Waals surface area (Å²) in [6.45, 7) is 8.55. The predicted molar refractivity (Wildman–Crippen MR) is 84.8 cm³/mol. The lowest BCUT2D eigenvalue weighted by Gasteiger charge is -2.48. The van der Waals surface area contributed by atoms with E-state index in [2.05, 4.69) is 66.0 Å². The predicted octanol–water partition coefficient (Wildman–Crippen LogP) is 3.23.